The Morgan fingerprint density at radius 2 is 2.00 bits per heavy atom. The van der Waals surface area contributed by atoms with Gasteiger partial charge in [0, 0.05) is 35.6 Å². The molecule has 1 unspecified atom stereocenters. The van der Waals surface area contributed by atoms with E-state index in [1.807, 2.05) is 53.4 Å². The normalized spacial score (nSPS) is 14.9. The van der Waals surface area contributed by atoms with Gasteiger partial charge in [-0.1, -0.05) is 47.6 Å². The van der Waals surface area contributed by atoms with E-state index < -0.39 is 5.50 Å². The van der Waals surface area contributed by atoms with E-state index in [-0.39, 0.29) is 11.8 Å². The lowest BCUT2D eigenvalue weighted by molar-refractivity contribution is 0.240. The number of halogens is 2. The molecule has 2 amide bonds. The first-order valence-corrected chi connectivity index (χ1v) is 12.1. The molecule has 5 rings (SSSR count). The SMILES string of the molecule is NCc1cccc(Cl)c1N1c2ccccc2SC1NC(=O)NCCc1cc2ccc(F)cc2[nH]1. The zero-order chi connectivity index (χ0) is 23.7. The van der Waals surface area contributed by atoms with E-state index in [1.165, 1.54) is 12.1 Å². The molecular weight excluding hydrogens is 473 g/mol. The number of benzene rings is 3. The number of aromatic amines is 1. The molecular formula is C25H23ClFN5OS. The summed E-state index contributed by atoms with van der Waals surface area (Å²) >= 11 is 8.13. The molecule has 0 radical (unpaired) electrons. The van der Waals surface area contributed by atoms with E-state index in [4.69, 9.17) is 17.3 Å². The summed E-state index contributed by atoms with van der Waals surface area (Å²) in [5, 5.41) is 7.48. The lowest BCUT2D eigenvalue weighted by atomic mass is 10.1. The molecule has 0 saturated heterocycles. The maximum Gasteiger partial charge on any atom is 0.317 e. The zero-order valence-corrected chi connectivity index (χ0v) is 19.7. The molecule has 5 N–H and O–H groups in total. The number of nitrogens with two attached hydrogens (primary N) is 1. The molecule has 0 fully saturated rings. The van der Waals surface area contributed by atoms with Crippen LogP contribution >= 0.6 is 23.4 Å². The zero-order valence-electron chi connectivity index (χ0n) is 18.1. The van der Waals surface area contributed by atoms with Crippen LogP contribution in [0.1, 0.15) is 11.3 Å². The fraction of sp³-hybridized carbons (Fsp3) is 0.160. The maximum absolute atomic E-state index is 13.4. The Hall–Kier alpha value is -3.20. The van der Waals surface area contributed by atoms with Gasteiger partial charge in [0.05, 0.1) is 16.4 Å². The highest BCUT2D eigenvalue weighted by Gasteiger charge is 2.34. The molecule has 34 heavy (non-hydrogen) atoms. The van der Waals surface area contributed by atoms with Crippen LogP contribution in [0, 0.1) is 5.82 Å². The predicted octanol–water partition coefficient (Wildman–Crippen LogP) is 5.49. The number of aromatic nitrogens is 1. The lowest BCUT2D eigenvalue weighted by Gasteiger charge is -2.30. The van der Waals surface area contributed by atoms with Gasteiger partial charge in [-0.3, -0.25) is 0 Å². The van der Waals surface area contributed by atoms with Crippen molar-refractivity contribution >= 4 is 51.7 Å². The van der Waals surface area contributed by atoms with Crippen LogP contribution in [0.4, 0.5) is 20.6 Å². The second-order valence-electron chi connectivity index (χ2n) is 7.94. The van der Waals surface area contributed by atoms with Gasteiger partial charge in [-0.05, 0) is 53.4 Å². The number of para-hydroxylation sites is 2. The Kier molecular flexibility index (Phi) is 6.36. The molecule has 9 heteroatoms. The third kappa shape index (κ3) is 4.44. The summed E-state index contributed by atoms with van der Waals surface area (Å²) in [5.74, 6) is -0.283. The summed E-state index contributed by atoms with van der Waals surface area (Å²) in [4.78, 5) is 19.1. The average Bonchev–Trinajstić information content (AvgIpc) is 3.39. The van der Waals surface area contributed by atoms with Gasteiger partial charge in [0.2, 0.25) is 0 Å². The number of H-pyrrole nitrogens is 1. The number of hydrogen-bond acceptors (Lipinski definition) is 4. The van der Waals surface area contributed by atoms with Crippen molar-refractivity contribution in [3.05, 3.63) is 88.8 Å². The van der Waals surface area contributed by atoms with E-state index in [0.717, 1.165) is 38.4 Å². The first-order valence-electron chi connectivity index (χ1n) is 10.9. The van der Waals surface area contributed by atoms with Crippen molar-refractivity contribution in [3.8, 4) is 0 Å². The van der Waals surface area contributed by atoms with Gasteiger partial charge >= 0.3 is 6.03 Å². The van der Waals surface area contributed by atoms with Gasteiger partial charge in [-0.2, -0.15) is 0 Å². The molecule has 0 aliphatic carbocycles. The van der Waals surface area contributed by atoms with Crippen LogP contribution in [0.3, 0.4) is 0 Å². The molecule has 0 saturated carbocycles. The first-order chi connectivity index (χ1) is 16.5. The molecule has 2 heterocycles. The lowest BCUT2D eigenvalue weighted by Crippen LogP contribution is -2.47. The number of carbonyl (C=O) groups is 1. The fourth-order valence-electron chi connectivity index (χ4n) is 4.15. The van der Waals surface area contributed by atoms with Crippen molar-refractivity contribution in [2.45, 2.75) is 23.4 Å². The fourth-order valence-corrected chi connectivity index (χ4v) is 5.61. The highest BCUT2D eigenvalue weighted by Crippen LogP contribution is 2.49. The van der Waals surface area contributed by atoms with E-state index in [0.29, 0.717) is 24.5 Å². The van der Waals surface area contributed by atoms with E-state index in [1.54, 1.807) is 17.8 Å². The minimum atomic E-state index is -0.390. The van der Waals surface area contributed by atoms with Gasteiger partial charge in [0.15, 0.2) is 5.50 Å². The summed E-state index contributed by atoms with van der Waals surface area (Å²) in [7, 11) is 0. The van der Waals surface area contributed by atoms with Gasteiger partial charge in [-0.25, -0.2) is 9.18 Å². The minimum Gasteiger partial charge on any atom is -0.358 e. The summed E-state index contributed by atoms with van der Waals surface area (Å²) in [5.41, 5.74) is 9.92. The summed E-state index contributed by atoms with van der Waals surface area (Å²) in [6.07, 6.45) is 0.591. The van der Waals surface area contributed by atoms with Crippen LogP contribution in [0.15, 0.2) is 71.6 Å². The average molecular weight is 496 g/mol. The summed E-state index contributed by atoms with van der Waals surface area (Å²) in [6.45, 7) is 0.748. The van der Waals surface area contributed by atoms with Crippen LogP contribution in [0.25, 0.3) is 10.9 Å². The molecule has 1 aliphatic rings. The number of nitrogens with zero attached hydrogens (tertiary/aromatic N) is 1. The minimum absolute atomic E-state index is 0.283. The molecule has 1 aromatic heterocycles. The van der Waals surface area contributed by atoms with Crippen LogP contribution in [-0.2, 0) is 13.0 Å². The van der Waals surface area contributed by atoms with Crippen LogP contribution in [0.2, 0.25) is 5.02 Å². The number of carbonyl (C=O) groups excluding carboxylic acids is 1. The Morgan fingerprint density at radius 1 is 1.15 bits per heavy atom. The van der Waals surface area contributed by atoms with Crippen molar-refractivity contribution in [1.29, 1.82) is 0 Å². The standard InChI is InChI=1S/C25H23ClFN5OS/c26-19-5-3-4-16(14-28)23(19)32-21-6-1-2-7-22(21)34-25(32)31-24(33)29-11-10-18-12-15-8-9-17(27)13-20(15)30-18/h1-9,12-13,25,30H,10-11,14,28H2,(H2,29,31,33). The van der Waals surface area contributed by atoms with Crippen molar-refractivity contribution < 1.29 is 9.18 Å². The van der Waals surface area contributed by atoms with Gasteiger partial charge in [0.25, 0.3) is 0 Å². The number of fused-ring (bicyclic) bond motifs is 2. The largest absolute Gasteiger partial charge is 0.358 e. The molecule has 0 bridgehead atoms. The van der Waals surface area contributed by atoms with Gasteiger partial charge in [-0.15, -0.1) is 0 Å². The Labute approximate surface area is 205 Å². The molecule has 1 aliphatic heterocycles. The maximum atomic E-state index is 13.4. The smallest absolute Gasteiger partial charge is 0.317 e. The van der Waals surface area contributed by atoms with E-state index >= 15 is 0 Å². The third-order valence-corrected chi connectivity index (χ3v) is 7.16. The second-order valence-corrected chi connectivity index (χ2v) is 9.47. The number of rotatable bonds is 6. The van der Waals surface area contributed by atoms with Crippen molar-refractivity contribution in [1.82, 2.24) is 15.6 Å². The molecule has 4 aromatic rings. The molecule has 6 nitrogen and oxygen atoms in total. The van der Waals surface area contributed by atoms with Crippen molar-refractivity contribution in [2.75, 3.05) is 11.4 Å². The number of hydrogen-bond donors (Lipinski definition) is 4. The molecule has 174 valence electrons. The molecule has 0 spiro atoms. The van der Waals surface area contributed by atoms with Crippen molar-refractivity contribution in [3.63, 3.8) is 0 Å². The molecule has 3 aromatic carbocycles. The summed E-state index contributed by atoms with van der Waals surface area (Å²) < 4.78 is 13.4. The highest BCUT2D eigenvalue weighted by molar-refractivity contribution is 8.00. The Balaban J connectivity index is 1.29. The number of urea groups is 1. The summed E-state index contributed by atoms with van der Waals surface area (Å²) in [6, 6.07) is 19.9. The number of anilines is 2. The van der Waals surface area contributed by atoms with Crippen molar-refractivity contribution in [2.24, 2.45) is 5.73 Å². The first kappa shape index (κ1) is 22.6. The monoisotopic (exact) mass is 495 g/mol. The van der Waals surface area contributed by atoms with Gasteiger partial charge < -0.3 is 26.3 Å². The van der Waals surface area contributed by atoms with Crippen LogP contribution in [0.5, 0.6) is 0 Å². The van der Waals surface area contributed by atoms with E-state index in [9.17, 15) is 9.18 Å². The predicted molar refractivity (Wildman–Crippen MR) is 136 cm³/mol. The van der Waals surface area contributed by atoms with Crippen LogP contribution in [-0.4, -0.2) is 23.1 Å². The topological polar surface area (TPSA) is 86.2 Å². The second kappa shape index (κ2) is 9.58. The highest BCUT2D eigenvalue weighted by atomic mass is 35.5. The molecule has 1 atom stereocenters. The van der Waals surface area contributed by atoms with E-state index in [2.05, 4.69) is 15.6 Å². The number of thioether (sulfide) groups is 1. The van der Waals surface area contributed by atoms with Gasteiger partial charge in [0.1, 0.15) is 5.82 Å². The quantitative estimate of drug-likeness (QED) is 0.285. The third-order valence-electron chi connectivity index (χ3n) is 5.70. The van der Waals surface area contributed by atoms with Crippen LogP contribution < -0.4 is 21.3 Å². The number of amides is 2. The number of nitrogens with one attached hydrogen (secondary N) is 3. The Bertz CT molecular complexity index is 1360. The Morgan fingerprint density at radius 3 is 2.85 bits per heavy atom.